The van der Waals surface area contributed by atoms with Crippen molar-refractivity contribution in [2.24, 2.45) is 0 Å². The van der Waals surface area contributed by atoms with Gasteiger partial charge in [0.1, 0.15) is 0 Å². The van der Waals surface area contributed by atoms with Crippen LogP contribution in [0, 0.1) is 0 Å². The molecule has 1 nitrogen and oxygen atoms in total. The first-order valence-corrected chi connectivity index (χ1v) is 4.06. The Hall–Kier alpha value is -3.63. The Morgan fingerprint density at radius 1 is 0.471 bits per heavy atom. The van der Waals surface area contributed by atoms with Gasteiger partial charge in [0.25, 0.3) is 0 Å². The number of rotatable bonds is 0. The molecule has 0 aliphatic carbocycles. The van der Waals surface area contributed by atoms with E-state index in [9.17, 15) is 4.79 Å². The lowest BCUT2D eigenvalue weighted by Crippen LogP contribution is -1.29. The van der Waals surface area contributed by atoms with Gasteiger partial charge in [-0.3, -0.25) is 0 Å². The maximum absolute atomic E-state index is 9.64. The summed E-state index contributed by atoms with van der Waals surface area (Å²) in [7, 11) is 0. The Labute approximate surface area is 98.0 Å². The second-order valence-corrected chi connectivity index (χ2v) is 1.90. The normalized spacial score (nSPS) is 3.76. The number of hydrogen-bond donors (Lipinski definition) is 0. The minimum absolute atomic E-state index is 1.37. The molecule has 0 N–H and O–H groups in total. The van der Waals surface area contributed by atoms with E-state index in [0.717, 1.165) is 0 Å². The van der Waals surface area contributed by atoms with Gasteiger partial charge in [0.2, 0.25) is 0 Å². The van der Waals surface area contributed by atoms with E-state index in [2.05, 4.69) is 81.1 Å². The third-order valence-electron chi connectivity index (χ3n) is 0.889. The molecule has 1 heteroatoms. The monoisotopic (exact) mass is 210 g/mol. The summed E-state index contributed by atoms with van der Waals surface area (Å²) >= 11 is 0. The van der Waals surface area contributed by atoms with Crippen molar-refractivity contribution in [1.82, 2.24) is 0 Å². The van der Waals surface area contributed by atoms with Crippen LogP contribution in [-0.2, 0) is 4.79 Å². The van der Waals surface area contributed by atoms with Crippen LogP contribution >= 0.6 is 0 Å². The molecule has 0 radical (unpaired) electrons. The van der Waals surface area contributed by atoms with Gasteiger partial charge in [0.05, 0.1) is 0 Å². The zero-order valence-corrected chi connectivity index (χ0v) is 8.62. The lowest BCUT2D eigenvalue weighted by Gasteiger charge is -1.39. The molecule has 0 saturated carbocycles. The number of carbonyl (C=O) groups excluding carboxylic acids is 1. The molecule has 0 atom stereocenters. The van der Waals surface area contributed by atoms with E-state index in [1.165, 1.54) is 5.94 Å². The fourth-order valence-corrected chi connectivity index (χ4v) is 0.413. The quantitative estimate of drug-likeness (QED) is 0.442. The Balaban J connectivity index is 5.69. The van der Waals surface area contributed by atoms with Crippen molar-refractivity contribution < 1.29 is 4.79 Å². The van der Waals surface area contributed by atoms with Gasteiger partial charge in [0, 0.05) is 40.1 Å². The molecule has 0 aromatic rings. The largest absolute Gasteiger partial charge is 0.223 e. The van der Waals surface area contributed by atoms with E-state index >= 15 is 0 Å². The second-order valence-electron chi connectivity index (χ2n) is 1.90. The molecule has 0 aromatic carbocycles. The summed E-state index contributed by atoms with van der Waals surface area (Å²) in [5, 5.41) is 0. The van der Waals surface area contributed by atoms with E-state index in [1.807, 2.05) is 5.73 Å². The zero-order valence-electron chi connectivity index (χ0n) is 8.62. The topological polar surface area (TPSA) is 17.1 Å². The average molecular weight is 210 g/mol. The third kappa shape index (κ3) is 12.4. The summed E-state index contributed by atoms with van der Waals surface area (Å²) in [4.78, 5) is 9.64. The van der Waals surface area contributed by atoms with Crippen molar-refractivity contribution in [3.8, 4) is 0 Å². The molecule has 0 unspecified atom stereocenters. The molecule has 0 amide bonds. The van der Waals surface area contributed by atoms with E-state index in [4.69, 9.17) is 0 Å². The first-order valence-electron chi connectivity index (χ1n) is 4.06. The van der Waals surface area contributed by atoms with Crippen LogP contribution in [0.25, 0.3) is 0 Å². The predicted molar refractivity (Wildman–Crippen MR) is 60.5 cm³/mol. The standard InChI is InChI=1S/C16H2O/c1-2-3-4-5-6-7-8-9-10-11-12-13-14-15-16-17/h1H2. The molecule has 0 aliphatic heterocycles. The molecule has 0 heterocycles. The SMILES string of the molecule is C=C=C=C=C=C=C=C=C=C=C=C=C=C=C=C=O. The van der Waals surface area contributed by atoms with Gasteiger partial charge in [-0.1, -0.05) is 5.73 Å². The lowest BCUT2D eigenvalue weighted by atomic mass is 10.6. The van der Waals surface area contributed by atoms with Crippen LogP contribution in [0.3, 0.4) is 0 Å². The third-order valence-corrected chi connectivity index (χ3v) is 0.889. The van der Waals surface area contributed by atoms with Crippen LogP contribution in [-0.4, -0.2) is 5.94 Å². The van der Waals surface area contributed by atoms with Gasteiger partial charge in [-0.05, 0) is 41.0 Å². The summed E-state index contributed by atoms with van der Waals surface area (Å²) < 4.78 is 0. The highest BCUT2D eigenvalue weighted by atomic mass is 16.1. The molecular formula is C16H2O. The number of hydrogen-bond acceptors (Lipinski definition) is 1. The Bertz CT molecular complexity index is 763. The molecule has 0 bridgehead atoms. The summed E-state index contributed by atoms with van der Waals surface area (Å²) in [6.45, 7) is 3.28. The summed E-state index contributed by atoms with van der Waals surface area (Å²) in [6, 6.07) is 0. The van der Waals surface area contributed by atoms with E-state index in [1.54, 1.807) is 0 Å². The molecule has 17 heavy (non-hydrogen) atoms. The summed E-state index contributed by atoms with van der Waals surface area (Å²) in [5.41, 5.74) is 33.2. The minimum atomic E-state index is 1.37. The van der Waals surface area contributed by atoms with Gasteiger partial charge in [-0.2, -0.15) is 0 Å². The minimum Gasteiger partial charge on any atom is -0.223 e. The Morgan fingerprint density at radius 2 is 0.765 bits per heavy atom. The molecule has 72 valence electrons. The highest BCUT2D eigenvalue weighted by Crippen LogP contribution is 1.56. The summed E-state index contributed by atoms with van der Waals surface area (Å²) in [5.74, 6) is 1.37. The molecule has 0 saturated heterocycles. The van der Waals surface area contributed by atoms with Crippen molar-refractivity contribution in [2.75, 3.05) is 0 Å². The zero-order chi connectivity index (χ0) is 12.6. The van der Waals surface area contributed by atoms with Crippen LogP contribution in [0.4, 0.5) is 0 Å². The second kappa shape index (κ2) is 12.4. The van der Waals surface area contributed by atoms with Crippen molar-refractivity contribution in [1.29, 1.82) is 0 Å². The predicted octanol–water partition coefficient (Wildman–Crippen LogP) is 2.18. The van der Waals surface area contributed by atoms with Crippen molar-refractivity contribution in [3.05, 3.63) is 86.8 Å². The van der Waals surface area contributed by atoms with E-state index < -0.39 is 0 Å². The van der Waals surface area contributed by atoms with Crippen molar-refractivity contribution in [3.63, 3.8) is 0 Å². The van der Waals surface area contributed by atoms with Crippen LogP contribution in [0.1, 0.15) is 0 Å². The molecular weight excluding hydrogens is 208 g/mol. The molecule has 0 aliphatic rings. The fourth-order valence-electron chi connectivity index (χ4n) is 0.413. The van der Waals surface area contributed by atoms with Gasteiger partial charge in [-0.25, -0.2) is 4.79 Å². The van der Waals surface area contributed by atoms with Gasteiger partial charge >= 0.3 is 0 Å². The molecule has 0 aromatic heterocycles. The highest BCUT2D eigenvalue weighted by Gasteiger charge is 1.41. The lowest BCUT2D eigenvalue weighted by molar-refractivity contribution is 0.569. The van der Waals surface area contributed by atoms with Crippen LogP contribution in [0.5, 0.6) is 0 Å². The Kier molecular flexibility index (Phi) is 9.73. The van der Waals surface area contributed by atoms with Crippen molar-refractivity contribution in [2.45, 2.75) is 0 Å². The molecule has 0 fully saturated rings. The van der Waals surface area contributed by atoms with E-state index in [-0.39, 0.29) is 0 Å². The van der Waals surface area contributed by atoms with Crippen molar-refractivity contribution >= 4 is 5.94 Å². The van der Waals surface area contributed by atoms with Crippen LogP contribution in [0.2, 0.25) is 0 Å². The average Bonchev–Trinajstić information content (AvgIpc) is 2.35. The maximum atomic E-state index is 9.64. The first kappa shape index (κ1) is 13.4. The van der Waals surface area contributed by atoms with Crippen LogP contribution < -0.4 is 0 Å². The van der Waals surface area contributed by atoms with Crippen LogP contribution in [0.15, 0.2) is 86.8 Å². The van der Waals surface area contributed by atoms with Gasteiger partial charge in [0.15, 0.2) is 5.94 Å². The first-order chi connectivity index (χ1) is 8.41. The van der Waals surface area contributed by atoms with Gasteiger partial charge < -0.3 is 0 Å². The maximum Gasteiger partial charge on any atom is 0.186 e. The molecule has 0 rings (SSSR count). The molecule has 0 spiro atoms. The van der Waals surface area contributed by atoms with Gasteiger partial charge in [-0.15, -0.1) is 0 Å². The fraction of sp³-hybridized carbons (Fsp3) is 0. The highest BCUT2D eigenvalue weighted by molar-refractivity contribution is 5.43. The summed E-state index contributed by atoms with van der Waals surface area (Å²) in [6.07, 6.45) is 0. The Morgan fingerprint density at radius 3 is 1.06 bits per heavy atom. The van der Waals surface area contributed by atoms with E-state index in [0.29, 0.717) is 0 Å². The smallest absolute Gasteiger partial charge is 0.186 e.